The van der Waals surface area contributed by atoms with Crippen molar-refractivity contribution < 1.29 is 173 Å². The number of aliphatic hydroxyl groups excluding tert-OH is 19. The third-order valence-electron chi connectivity index (χ3n) is 18.3. The number of Topliss-reactive ketones (excluding diaryl/α,β-unsaturated/α-hetero) is 2. The molecule has 21 aliphatic heterocycles. The summed E-state index contributed by atoms with van der Waals surface area (Å²) in [5, 5.41) is 236. The summed E-state index contributed by atoms with van der Waals surface area (Å²) in [4.78, 5) is 24.6. The zero-order chi connectivity index (χ0) is 70.7. The average Bonchev–Trinajstić information content (AvgIpc) is 0.946. The molecule has 98 heavy (non-hydrogen) atoms. The van der Waals surface area contributed by atoms with Gasteiger partial charge in [0.2, 0.25) is 0 Å². The predicted octanol–water partition coefficient (Wildman–Crippen LogP) is -13.4. The van der Waals surface area contributed by atoms with Crippen molar-refractivity contribution in [2.45, 2.75) is 268 Å². The Labute approximate surface area is 556 Å². The van der Waals surface area contributed by atoms with E-state index in [9.17, 15) is 107 Å². The number of carbonyl (C=O) groups is 2. The molecule has 35 atom stereocenters. The SMILES string of the molecule is CC(=O)CCCNCCCC(=O)c1cn(CC2O[C@@H]3O[C@@H]4C(CO)O[C@H](O[C@@H]5C(CO)O[C@@H](O[C@@H]6C(Cn7cc(C)nn7)O[C@@H](O[C@@H]7C(CO)O[C@H](O[C@@H]8C(CO)O[C@H](O[C@@H]9C(CO)O[C@H](O[C@H]2[C@H](O)C3O)C(O)[C@H]9O)C(O)[C@H]8O)C(O)[C@H]7O)C(O)[C@H]6O)C(O)[C@H]5O)C(O)[C@H]4O)nn1. The maximum atomic E-state index is 13.3. The molecule has 0 spiro atoms. The molecule has 2 aromatic heterocycles. The molecule has 0 radical (unpaired) electrons. The molecular formula is C56H89N7O35. The molecule has 42 nitrogen and oxygen atoms in total. The minimum absolute atomic E-state index is 0.00769. The molecule has 2 aromatic rings. The number of aryl methyl sites for hydroxylation is 1. The van der Waals surface area contributed by atoms with E-state index < -0.39 is 267 Å². The molecule has 14 bridgehead atoms. The lowest BCUT2D eigenvalue weighted by atomic mass is 9.95. The Morgan fingerprint density at radius 3 is 0.888 bits per heavy atom. The first-order valence-electron chi connectivity index (χ1n) is 32.0. The molecule has 42 heteroatoms. The summed E-state index contributed by atoms with van der Waals surface area (Å²) in [6.45, 7) is -2.32. The van der Waals surface area contributed by atoms with Crippen molar-refractivity contribution in [1.82, 2.24) is 35.3 Å². The Kier molecular flexibility index (Phi) is 26.5. The second-order valence-corrected chi connectivity index (χ2v) is 25.3. The van der Waals surface area contributed by atoms with Gasteiger partial charge in [0.15, 0.2) is 49.8 Å². The molecule has 20 N–H and O–H groups in total. The quantitative estimate of drug-likeness (QED) is 0.0487. The van der Waals surface area contributed by atoms with E-state index in [2.05, 4.69) is 25.9 Å². The normalized spacial score (nSPS) is 46.0. The molecule has 14 unspecified atom stereocenters. The van der Waals surface area contributed by atoms with Gasteiger partial charge in [0.1, 0.15) is 182 Å². The van der Waals surface area contributed by atoms with E-state index in [4.69, 9.17) is 66.3 Å². The predicted molar refractivity (Wildman–Crippen MR) is 305 cm³/mol. The number of ketones is 2. The van der Waals surface area contributed by atoms with Crippen LogP contribution in [0.1, 0.15) is 48.8 Å². The first kappa shape index (κ1) is 76.9. The van der Waals surface area contributed by atoms with Crippen LogP contribution >= 0.6 is 0 Å². The summed E-state index contributed by atoms with van der Waals surface area (Å²) in [5.41, 5.74) is 0.246. The van der Waals surface area contributed by atoms with E-state index in [0.717, 1.165) is 4.68 Å². The van der Waals surface area contributed by atoms with Gasteiger partial charge in [-0.2, -0.15) is 0 Å². The molecule has 0 aromatic carbocycles. The Bertz CT molecular complexity index is 2830. The number of nitrogens with one attached hydrogen (secondary N) is 1. The molecule has 0 aliphatic carbocycles. The highest BCUT2D eigenvalue weighted by Gasteiger charge is 2.60. The van der Waals surface area contributed by atoms with Crippen LogP contribution < -0.4 is 5.32 Å². The third kappa shape index (κ3) is 16.7. The van der Waals surface area contributed by atoms with Crippen LogP contribution in [0, 0.1) is 6.92 Å². The maximum Gasteiger partial charge on any atom is 0.187 e. The van der Waals surface area contributed by atoms with Crippen molar-refractivity contribution in [2.24, 2.45) is 0 Å². The number of carbonyl (C=O) groups excluding carboxylic acids is 2. The Morgan fingerprint density at radius 1 is 0.367 bits per heavy atom. The van der Waals surface area contributed by atoms with Gasteiger partial charge in [0.05, 0.1) is 58.0 Å². The lowest BCUT2D eigenvalue weighted by Crippen LogP contribution is -2.68. The molecule has 558 valence electrons. The number of ether oxygens (including phenoxy) is 14. The Balaban J connectivity index is 0.945. The van der Waals surface area contributed by atoms with Crippen LogP contribution in [0.2, 0.25) is 0 Å². The Morgan fingerprint density at radius 2 is 0.622 bits per heavy atom. The number of nitrogens with zero attached hydrogens (tertiary/aromatic N) is 6. The van der Waals surface area contributed by atoms with Crippen molar-refractivity contribution in [3.05, 3.63) is 23.8 Å². The van der Waals surface area contributed by atoms with Gasteiger partial charge in [0, 0.05) is 19.0 Å². The number of aromatic nitrogens is 6. The highest BCUT2D eigenvalue weighted by molar-refractivity contribution is 5.93. The minimum Gasteiger partial charge on any atom is -0.394 e. The Hall–Kier alpha value is -3.74. The van der Waals surface area contributed by atoms with Gasteiger partial charge in [-0.3, -0.25) is 4.79 Å². The first-order valence-corrected chi connectivity index (χ1v) is 32.0. The summed E-state index contributed by atoms with van der Waals surface area (Å²) in [6, 6.07) is 0. The standard InChI is InChI=1S/C56H89N7O35/c1-18-9-62(60-58-18)11-22-43-29(71)36(78)50(85-22)94-45-24(13-64)89-55(40(82)33(45)75)98-49-28(17-68)91-56(42(84)35(49)77)97-48-27(16-67)88-53(39(81)32(48)74)93-44-23(12-63-10-20(59-61-63)21(70)6-4-8-57-7-3-5-19(2)69)86-51(37(79)30(44)72)95-46-25(14-65)90-54(41(83)34(46)76)96-47-26(15-66)87-52(92-43)38(80)31(47)73/h9-10,22-57,64-68,71-84H,3-8,11-17H2,1-2H3/t22?,23?,24?,25?,26?,27?,28?,29-,30-,31-,32-,33-,34-,35-,36?,37?,38?,39?,40?,41?,42?,43-,44-,45-,46-,47-,48-,49-,50+,51-,52+,53-,54-,55-,56-/m1/s1. The lowest BCUT2D eigenvalue weighted by molar-refractivity contribution is -0.396. The minimum atomic E-state index is -2.27. The van der Waals surface area contributed by atoms with Crippen LogP contribution in [-0.4, -0.2) is 400 Å². The number of hydrogen-bond acceptors (Lipinski definition) is 40. The van der Waals surface area contributed by atoms with Gasteiger partial charge in [-0.05, 0) is 39.8 Å². The average molecular weight is 1420 g/mol. The van der Waals surface area contributed by atoms with E-state index in [-0.39, 0.29) is 17.9 Å². The third-order valence-corrected chi connectivity index (χ3v) is 18.3. The zero-order valence-corrected chi connectivity index (χ0v) is 52.8. The lowest BCUT2D eigenvalue weighted by Gasteiger charge is -2.50. The molecule has 21 aliphatic rings. The van der Waals surface area contributed by atoms with Crippen LogP contribution in [0.15, 0.2) is 12.4 Å². The summed E-state index contributed by atoms with van der Waals surface area (Å²) in [7, 11) is 0. The number of rotatable bonds is 18. The molecule has 21 saturated heterocycles. The molecule has 0 saturated carbocycles. The molecule has 0 amide bonds. The van der Waals surface area contributed by atoms with Gasteiger partial charge in [-0.25, -0.2) is 9.36 Å². The highest BCUT2D eigenvalue weighted by Crippen LogP contribution is 2.39. The van der Waals surface area contributed by atoms with Crippen molar-refractivity contribution in [1.29, 1.82) is 0 Å². The van der Waals surface area contributed by atoms with Gasteiger partial charge < -0.3 is 173 Å². The molecule has 23 heterocycles. The van der Waals surface area contributed by atoms with Crippen molar-refractivity contribution in [3.8, 4) is 0 Å². The highest BCUT2D eigenvalue weighted by atomic mass is 16.8. The topological polar surface area (TPSA) is 621 Å². The van der Waals surface area contributed by atoms with E-state index in [1.54, 1.807) is 6.92 Å². The van der Waals surface area contributed by atoms with E-state index in [1.807, 2.05) is 0 Å². The largest absolute Gasteiger partial charge is 0.394 e. The van der Waals surface area contributed by atoms with Crippen molar-refractivity contribution in [3.63, 3.8) is 0 Å². The van der Waals surface area contributed by atoms with Crippen LogP contribution in [0.5, 0.6) is 0 Å². The molecule has 23 rings (SSSR count). The van der Waals surface area contributed by atoms with Crippen LogP contribution in [0.4, 0.5) is 0 Å². The summed E-state index contributed by atoms with van der Waals surface area (Å²) >= 11 is 0. The van der Waals surface area contributed by atoms with Crippen LogP contribution in [0.25, 0.3) is 0 Å². The van der Waals surface area contributed by atoms with Gasteiger partial charge in [0.25, 0.3) is 0 Å². The number of hydrogen-bond donors (Lipinski definition) is 20. The summed E-state index contributed by atoms with van der Waals surface area (Å²) in [6.07, 6.45) is -67.1. The monoisotopic (exact) mass is 1420 g/mol. The summed E-state index contributed by atoms with van der Waals surface area (Å²) < 4.78 is 85.3. The first-order chi connectivity index (χ1) is 46.8. The summed E-state index contributed by atoms with van der Waals surface area (Å²) in [5.74, 6) is -0.427. The van der Waals surface area contributed by atoms with Crippen LogP contribution in [-0.2, 0) is 84.2 Å². The van der Waals surface area contributed by atoms with E-state index >= 15 is 0 Å². The second kappa shape index (κ2) is 33.8. The van der Waals surface area contributed by atoms with Crippen molar-refractivity contribution >= 4 is 11.6 Å². The smallest absolute Gasteiger partial charge is 0.187 e. The van der Waals surface area contributed by atoms with Crippen LogP contribution in [0.3, 0.4) is 0 Å². The van der Waals surface area contributed by atoms with Gasteiger partial charge in [-0.15, -0.1) is 10.2 Å². The maximum absolute atomic E-state index is 13.3. The van der Waals surface area contributed by atoms with Gasteiger partial charge >= 0.3 is 0 Å². The second-order valence-electron chi connectivity index (χ2n) is 25.3. The number of aliphatic hydroxyl groups is 19. The van der Waals surface area contributed by atoms with E-state index in [0.29, 0.717) is 38.0 Å². The van der Waals surface area contributed by atoms with Crippen molar-refractivity contribution in [2.75, 3.05) is 46.1 Å². The van der Waals surface area contributed by atoms with Gasteiger partial charge in [-0.1, -0.05) is 10.4 Å². The zero-order valence-electron chi connectivity index (χ0n) is 52.8. The molecule has 21 fully saturated rings. The fourth-order valence-electron chi connectivity index (χ4n) is 12.9. The van der Waals surface area contributed by atoms with E-state index in [1.165, 1.54) is 24.0 Å². The molecular weight excluding hydrogens is 1330 g/mol. The fraction of sp³-hybridized carbons (Fsp3) is 0.893. The fourth-order valence-corrected chi connectivity index (χ4v) is 12.9.